The molecule has 0 unspecified atom stereocenters. The fraction of sp³-hybridized carbons (Fsp3) is 0.375. The molecule has 0 saturated heterocycles. The lowest BCUT2D eigenvalue weighted by molar-refractivity contribution is -0.142. The first-order valence-corrected chi connectivity index (χ1v) is 10.6. The summed E-state index contributed by atoms with van der Waals surface area (Å²) in [6, 6.07) is 18.0. The van der Waals surface area contributed by atoms with Gasteiger partial charge in [-0.1, -0.05) is 60.7 Å². The summed E-state index contributed by atoms with van der Waals surface area (Å²) in [4.78, 5) is 35.1. The average molecular weight is 443 g/mol. The van der Waals surface area contributed by atoms with Crippen molar-refractivity contribution in [3.8, 4) is 0 Å². The second-order valence-electron chi connectivity index (χ2n) is 7.26. The molecule has 0 aliphatic carbocycles. The minimum Gasteiger partial charge on any atom is -0.480 e. The first kappa shape index (κ1) is 25.0. The van der Waals surface area contributed by atoms with Gasteiger partial charge in [-0.25, -0.2) is 4.79 Å². The van der Waals surface area contributed by atoms with Crippen molar-refractivity contribution in [1.29, 1.82) is 0 Å². The zero-order valence-electron chi connectivity index (χ0n) is 18.0. The number of hydrogen-bond donors (Lipinski definition) is 3. The Morgan fingerprint density at radius 1 is 0.781 bits per heavy atom. The topological polar surface area (TPSA) is 114 Å². The summed E-state index contributed by atoms with van der Waals surface area (Å²) in [6.45, 7) is 0.807. The summed E-state index contributed by atoms with van der Waals surface area (Å²) in [7, 11) is 0. The van der Waals surface area contributed by atoms with E-state index in [-0.39, 0.29) is 32.1 Å². The standard InChI is InChI=1S/C24H30N2O6/c27-22(17-31-15-19-9-3-1-4-10-19)25-14-8-7-13-21(24(29)30)26-23(28)18-32-16-20-11-5-2-6-12-20/h1-6,9-12,21H,7-8,13-18H2,(H,25,27)(H,26,28)(H,29,30)/t21-/m1/s1. The van der Waals surface area contributed by atoms with Crippen molar-refractivity contribution in [2.75, 3.05) is 19.8 Å². The van der Waals surface area contributed by atoms with Crippen LogP contribution in [0.4, 0.5) is 0 Å². The van der Waals surface area contributed by atoms with Crippen molar-refractivity contribution in [3.63, 3.8) is 0 Å². The number of carboxylic acids is 1. The molecule has 2 aromatic carbocycles. The summed E-state index contributed by atoms with van der Waals surface area (Å²) < 4.78 is 10.7. The van der Waals surface area contributed by atoms with Crippen LogP contribution in [0.15, 0.2) is 60.7 Å². The Kier molecular flexibility index (Phi) is 11.5. The van der Waals surface area contributed by atoms with E-state index in [4.69, 9.17) is 9.47 Å². The molecular formula is C24H30N2O6. The van der Waals surface area contributed by atoms with Crippen LogP contribution >= 0.6 is 0 Å². The van der Waals surface area contributed by atoms with Gasteiger partial charge >= 0.3 is 5.97 Å². The van der Waals surface area contributed by atoms with Gasteiger partial charge in [0.1, 0.15) is 19.3 Å². The number of aliphatic carboxylic acids is 1. The van der Waals surface area contributed by atoms with Gasteiger partial charge in [-0.2, -0.15) is 0 Å². The van der Waals surface area contributed by atoms with Gasteiger partial charge in [0.15, 0.2) is 0 Å². The number of rotatable bonds is 15. The molecule has 2 amide bonds. The molecule has 8 nitrogen and oxygen atoms in total. The smallest absolute Gasteiger partial charge is 0.326 e. The van der Waals surface area contributed by atoms with Crippen LogP contribution in [0.3, 0.4) is 0 Å². The Labute approximate surface area is 187 Å². The summed E-state index contributed by atoms with van der Waals surface area (Å²) in [5, 5.41) is 14.5. The van der Waals surface area contributed by atoms with E-state index < -0.39 is 17.9 Å². The third-order valence-electron chi connectivity index (χ3n) is 4.56. The molecule has 1 atom stereocenters. The van der Waals surface area contributed by atoms with Crippen molar-refractivity contribution < 1.29 is 29.0 Å². The third kappa shape index (κ3) is 10.7. The Hall–Kier alpha value is -3.23. The van der Waals surface area contributed by atoms with Crippen LogP contribution < -0.4 is 10.6 Å². The number of unbranched alkanes of at least 4 members (excludes halogenated alkanes) is 1. The van der Waals surface area contributed by atoms with Crippen LogP contribution in [-0.4, -0.2) is 48.7 Å². The average Bonchev–Trinajstić information content (AvgIpc) is 2.79. The van der Waals surface area contributed by atoms with E-state index in [1.54, 1.807) is 0 Å². The zero-order valence-corrected chi connectivity index (χ0v) is 18.0. The maximum Gasteiger partial charge on any atom is 0.326 e. The van der Waals surface area contributed by atoms with Crippen LogP contribution in [0.2, 0.25) is 0 Å². The number of benzene rings is 2. The highest BCUT2D eigenvalue weighted by Gasteiger charge is 2.19. The molecule has 0 bridgehead atoms. The lowest BCUT2D eigenvalue weighted by atomic mass is 10.1. The van der Waals surface area contributed by atoms with E-state index in [0.29, 0.717) is 26.0 Å². The van der Waals surface area contributed by atoms with Gasteiger partial charge in [0.25, 0.3) is 0 Å². The maximum atomic E-state index is 12.0. The second-order valence-corrected chi connectivity index (χ2v) is 7.26. The number of hydrogen-bond acceptors (Lipinski definition) is 5. The number of carboxylic acid groups (broad SMARTS) is 1. The Bertz CT molecular complexity index is 829. The molecule has 0 spiro atoms. The van der Waals surface area contributed by atoms with Crippen molar-refractivity contribution in [3.05, 3.63) is 71.8 Å². The molecular weight excluding hydrogens is 412 g/mol. The lowest BCUT2D eigenvalue weighted by Crippen LogP contribution is -2.42. The minimum atomic E-state index is -1.10. The highest BCUT2D eigenvalue weighted by molar-refractivity contribution is 5.84. The van der Waals surface area contributed by atoms with E-state index >= 15 is 0 Å². The van der Waals surface area contributed by atoms with E-state index in [9.17, 15) is 19.5 Å². The van der Waals surface area contributed by atoms with Gasteiger partial charge in [-0.05, 0) is 30.4 Å². The number of carbonyl (C=O) groups is 3. The van der Waals surface area contributed by atoms with Crippen molar-refractivity contribution >= 4 is 17.8 Å². The second kappa shape index (κ2) is 14.7. The van der Waals surface area contributed by atoms with Gasteiger partial charge in [-0.3, -0.25) is 9.59 Å². The maximum absolute atomic E-state index is 12.0. The Balaban J connectivity index is 1.54. The fourth-order valence-electron chi connectivity index (χ4n) is 2.92. The van der Waals surface area contributed by atoms with E-state index in [1.807, 2.05) is 60.7 Å². The predicted octanol–water partition coefficient (Wildman–Crippen LogP) is 2.28. The summed E-state index contributed by atoms with van der Waals surface area (Å²) >= 11 is 0. The molecule has 2 rings (SSSR count). The van der Waals surface area contributed by atoms with Crippen LogP contribution in [0.1, 0.15) is 30.4 Å². The van der Waals surface area contributed by atoms with Crippen molar-refractivity contribution in [2.45, 2.75) is 38.5 Å². The quantitative estimate of drug-likeness (QED) is 0.365. The van der Waals surface area contributed by atoms with Crippen LogP contribution in [-0.2, 0) is 37.1 Å². The van der Waals surface area contributed by atoms with Crippen LogP contribution in [0.5, 0.6) is 0 Å². The molecule has 0 aliphatic heterocycles. The highest BCUT2D eigenvalue weighted by Crippen LogP contribution is 2.03. The molecule has 32 heavy (non-hydrogen) atoms. The van der Waals surface area contributed by atoms with Gasteiger partial charge in [0.05, 0.1) is 13.2 Å². The van der Waals surface area contributed by atoms with Gasteiger partial charge in [0.2, 0.25) is 11.8 Å². The summed E-state index contributed by atoms with van der Waals surface area (Å²) in [5.41, 5.74) is 1.93. The van der Waals surface area contributed by atoms with Crippen molar-refractivity contribution in [2.24, 2.45) is 0 Å². The molecule has 0 aliphatic rings. The first-order valence-electron chi connectivity index (χ1n) is 10.6. The lowest BCUT2D eigenvalue weighted by Gasteiger charge is -2.15. The Morgan fingerprint density at radius 3 is 1.84 bits per heavy atom. The molecule has 8 heteroatoms. The van der Waals surface area contributed by atoms with Gasteiger partial charge < -0.3 is 25.2 Å². The number of nitrogens with one attached hydrogen (secondary N) is 2. The van der Waals surface area contributed by atoms with Crippen LogP contribution in [0.25, 0.3) is 0 Å². The summed E-state index contributed by atoms with van der Waals surface area (Å²) in [5.74, 6) is -1.79. The van der Waals surface area contributed by atoms with E-state index in [0.717, 1.165) is 11.1 Å². The monoisotopic (exact) mass is 442 g/mol. The molecule has 0 fully saturated rings. The van der Waals surface area contributed by atoms with Gasteiger partial charge in [-0.15, -0.1) is 0 Å². The molecule has 0 heterocycles. The summed E-state index contributed by atoms with van der Waals surface area (Å²) in [6.07, 6.45) is 1.39. The number of carbonyl (C=O) groups excluding carboxylic acids is 2. The SMILES string of the molecule is O=C(COCc1ccccc1)NCCCC[C@@H](NC(=O)COCc1ccccc1)C(=O)O. The largest absolute Gasteiger partial charge is 0.480 e. The molecule has 0 saturated carbocycles. The van der Waals surface area contributed by atoms with E-state index in [1.165, 1.54) is 0 Å². The molecule has 3 N–H and O–H groups in total. The Morgan fingerprint density at radius 2 is 1.31 bits per heavy atom. The number of amides is 2. The molecule has 172 valence electrons. The highest BCUT2D eigenvalue weighted by atomic mass is 16.5. The first-order chi connectivity index (χ1) is 15.5. The van der Waals surface area contributed by atoms with Crippen molar-refractivity contribution in [1.82, 2.24) is 10.6 Å². The minimum absolute atomic E-state index is 0.0360. The molecule has 0 radical (unpaired) electrons. The molecule has 2 aromatic rings. The van der Waals surface area contributed by atoms with Crippen LogP contribution in [0, 0.1) is 0 Å². The fourth-order valence-corrected chi connectivity index (χ4v) is 2.92. The predicted molar refractivity (Wildman–Crippen MR) is 119 cm³/mol. The number of ether oxygens (including phenoxy) is 2. The third-order valence-corrected chi connectivity index (χ3v) is 4.56. The molecule has 0 aromatic heterocycles. The van der Waals surface area contributed by atoms with Gasteiger partial charge in [0, 0.05) is 6.54 Å². The zero-order chi connectivity index (χ0) is 23.0. The van der Waals surface area contributed by atoms with E-state index in [2.05, 4.69) is 10.6 Å². The normalized spacial score (nSPS) is 11.5.